The highest BCUT2D eigenvalue weighted by molar-refractivity contribution is 5.84. The standard InChI is InChI=1S/C21H24N2O3/c1-26-20(24)19(14-15-8-3-2-4-9-15)23-21(25)22-18-13-7-11-16-10-5-6-12-17(16)18/h2-6,8-10,12,18-19H,7,11,13-14H2,1H3,(H2,22,23,25)/t18?,19-/m0/s1. The zero-order valence-corrected chi connectivity index (χ0v) is 14.9. The van der Waals surface area contributed by atoms with Crippen molar-refractivity contribution in [3.05, 3.63) is 71.3 Å². The van der Waals surface area contributed by atoms with Gasteiger partial charge in [-0.15, -0.1) is 0 Å². The van der Waals surface area contributed by atoms with Crippen molar-refractivity contribution in [2.24, 2.45) is 0 Å². The lowest BCUT2D eigenvalue weighted by Gasteiger charge is -2.27. The normalized spacial score (nSPS) is 16.9. The molecule has 0 saturated heterocycles. The minimum Gasteiger partial charge on any atom is -0.467 e. The highest BCUT2D eigenvalue weighted by Gasteiger charge is 2.25. The number of rotatable bonds is 5. The maximum Gasteiger partial charge on any atom is 0.328 e. The lowest BCUT2D eigenvalue weighted by molar-refractivity contribution is -0.142. The molecule has 5 heteroatoms. The predicted molar refractivity (Wildman–Crippen MR) is 99.7 cm³/mol. The number of hydrogen-bond acceptors (Lipinski definition) is 3. The van der Waals surface area contributed by atoms with Gasteiger partial charge in [-0.2, -0.15) is 0 Å². The summed E-state index contributed by atoms with van der Waals surface area (Å²) in [5, 5.41) is 5.78. The van der Waals surface area contributed by atoms with E-state index in [4.69, 9.17) is 4.74 Å². The monoisotopic (exact) mass is 352 g/mol. The van der Waals surface area contributed by atoms with Gasteiger partial charge in [0.25, 0.3) is 0 Å². The average molecular weight is 352 g/mol. The van der Waals surface area contributed by atoms with Gasteiger partial charge in [-0.05, 0) is 36.0 Å². The van der Waals surface area contributed by atoms with Gasteiger partial charge in [0.15, 0.2) is 0 Å². The van der Waals surface area contributed by atoms with Crippen molar-refractivity contribution < 1.29 is 14.3 Å². The molecule has 2 aromatic carbocycles. The number of methoxy groups -OCH3 is 1. The third-order valence-corrected chi connectivity index (χ3v) is 4.75. The molecule has 26 heavy (non-hydrogen) atoms. The van der Waals surface area contributed by atoms with Crippen molar-refractivity contribution in [3.63, 3.8) is 0 Å². The van der Waals surface area contributed by atoms with E-state index in [-0.39, 0.29) is 12.1 Å². The topological polar surface area (TPSA) is 67.4 Å². The van der Waals surface area contributed by atoms with E-state index in [1.54, 1.807) is 0 Å². The van der Waals surface area contributed by atoms with Gasteiger partial charge in [0.1, 0.15) is 6.04 Å². The molecule has 0 heterocycles. The fourth-order valence-corrected chi connectivity index (χ4v) is 3.45. The van der Waals surface area contributed by atoms with Gasteiger partial charge in [0.2, 0.25) is 0 Å². The molecule has 2 N–H and O–H groups in total. The molecule has 0 aliphatic heterocycles. The third kappa shape index (κ3) is 4.42. The Bertz CT molecular complexity index is 761. The SMILES string of the molecule is COC(=O)[C@H](Cc1ccccc1)NC(=O)NC1CCCc2ccccc21. The van der Waals surface area contributed by atoms with Crippen molar-refractivity contribution in [1.82, 2.24) is 10.6 Å². The second kappa shape index (κ2) is 8.52. The van der Waals surface area contributed by atoms with Gasteiger partial charge in [0.05, 0.1) is 13.2 Å². The van der Waals surface area contributed by atoms with Gasteiger partial charge in [0, 0.05) is 6.42 Å². The first kappa shape index (κ1) is 18.0. The number of carbonyl (C=O) groups is 2. The van der Waals surface area contributed by atoms with E-state index in [2.05, 4.69) is 22.8 Å². The van der Waals surface area contributed by atoms with E-state index >= 15 is 0 Å². The van der Waals surface area contributed by atoms with E-state index in [9.17, 15) is 9.59 Å². The van der Waals surface area contributed by atoms with E-state index in [0.717, 1.165) is 30.4 Å². The number of benzene rings is 2. The second-order valence-corrected chi connectivity index (χ2v) is 6.53. The Labute approximate surface area is 153 Å². The Morgan fingerprint density at radius 2 is 1.85 bits per heavy atom. The van der Waals surface area contributed by atoms with Crippen LogP contribution in [0.1, 0.15) is 35.6 Å². The van der Waals surface area contributed by atoms with Crippen molar-refractivity contribution >= 4 is 12.0 Å². The average Bonchev–Trinajstić information content (AvgIpc) is 2.68. The second-order valence-electron chi connectivity index (χ2n) is 6.53. The summed E-state index contributed by atoms with van der Waals surface area (Å²) in [5.41, 5.74) is 3.40. The zero-order valence-electron chi connectivity index (χ0n) is 14.9. The molecule has 5 nitrogen and oxygen atoms in total. The van der Waals surface area contributed by atoms with Gasteiger partial charge in [-0.3, -0.25) is 0 Å². The van der Waals surface area contributed by atoms with Crippen LogP contribution in [0.25, 0.3) is 0 Å². The van der Waals surface area contributed by atoms with Crippen LogP contribution in [0.15, 0.2) is 54.6 Å². The van der Waals surface area contributed by atoms with E-state index < -0.39 is 12.0 Å². The number of amides is 2. The molecule has 1 aliphatic rings. The molecule has 0 spiro atoms. The maximum atomic E-state index is 12.5. The highest BCUT2D eigenvalue weighted by atomic mass is 16.5. The van der Waals surface area contributed by atoms with Crippen LogP contribution in [0.2, 0.25) is 0 Å². The molecule has 1 unspecified atom stereocenters. The summed E-state index contributed by atoms with van der Waals surface area (Å²) in [5.74, 6) is -0.451. The summed E-state index contributed by atoms with van der Waals surface area (Å²) in [7, 11) is 1.33. The largest absolute Gasteiger partial charge is 0.467 e. The Morgan fingerprint density at radius 1 is 1.12 bits per heavy atom. The Morgan fingerprint density at radius 3 is 2.62 bits per heavy atom. The number of urea groups is 1. The number of hydrogen-bond donors (Lipinski definition) is 2. The number of fused-ring (bicyclic) bond motifs is 1. The summed E-state index contributed by atoms with van der Waals surface area (Å²) in [6.45, 7) is 0. The van der Waals surface area contributed by atoms with Crippen LogP contribution in [0, 0.1) is 0 Å². The molecule has 0 bridgehead atoms. The number of ether oxygens (including phenoxy) is 1. The molecule has 3 rings (SSSR count). The fourth-order valence-electron chi connectivity index (χ4n) is 3.45. The van der Waals surface area contributed by atoms with E-state index in [1.807, 2.05) is 42.5 Å². The first-order valence-electron chi connectivity index (χ1n) is 8.94. The van der Waals surface area contributed by atoms with Crippen molar-refractivity contribution in [3.8, 4) is 0 Å². The zero-order chi connectivity index (χ0) is 18.4. The van der Waals surface area contributed by atoms with Crippen molar-refractivity contribution in [2.45, 2.75) is 37.8 Å². The van der Waals surface area contributed by atoms with Crippen molar-refractivity contribution in [2.75, 3.05) is 7.11 Å². The molecule has 0 radical (unpaired) electrons. The Balaban J connectivity index is 1.66. The lowest BCUT2D eigenvalue weighted by Crippen LogP contribution is -2.48. The minimum absolute atomic E-state index is 0.0324. The molecular formula is C21H24N2O3. The number of aryl methyl sites for hydroxylation is 1. The molecule has 0 fully saturated rings. The first-order valence-corrected chi connectivity index (χ1v) is 8.94. The van der Waals surface area contributed by atoms with Crippen LogP contribution < -0.4 is 10.6 Å². The Kier molecular flexibility index (Phi) is 5.89. The smallest absolute Gasteiger partial charge is 0.328 e. The van der Waals surface area contributed by atoms with Crippen molar-refractivity contribution in [1.29, 1.82) is 0 Å². The number of nitrogens with one attached hydrogen (secondary N) is 2. The predicted octanol–water partition coefficient (Wildman–Crippen LogP) is 3.15. The summed E-state index contributed by atoms with van der Waals surface area (Å²) >= 11 is 0. The molecular weight excluding hydrogens is 328 g/mol. The lowest BCUT2D eigenvalue weighted by atomic mass is 9.88. The van der Waals surface area contributed by atoms with Crippen LogP contribution in [0.3, 0.4) is 0 Å². The molecule has 0 aromatic heterocycles. The quantitative estimate of drug-likeness (QED) is 0.813. The summed E-state index contributed by atoms with van der Waals surface area (Å²) in [6, 6.07) is 16.6. The summed E-state index contributed by atoms with van der Waals surface area (Å²) < 4.78 is 4.85. The first-order chi connectivity index (χ1) is 12.7. The van der Waals surface area contributed by atoms with Crippen LogP contribution >= 0.6 is 0 Å². The van der Waals surface area contributed by atoms with Gasteiger partial charge in [-0.25, -0.2) is 9.59 Å². The van der Waals surface area contributed by atoms with Crippen LogP contribution in [0.4, 0.5) is 4.79 Å². The van der Waals surface area contributed by atoms with Crippen LogP contribution in [-0.4, -0.2) is 25.2 Å². The Hall–Kier alpha value is -2.82. The highest BCUT2D eigenvalue weighted by Crippen LogP contribution is 2.29. The van der Waals surface area contributed by atoms with E-state index in [1.165, 1.54) is 12.7 Å². The molecule has 2 atom stereocenters. The van der Waals surface area contributed by atoms with Gasteiger partial charge < -0.3 is 15.4 Å². The van der Waals surface area contributed by atoms with Gasteiger partial charge in [-0.1, -0.05) is 54.6 Å². The molecule has 1 aliphatic carbocycles. The number of carbonyl (C=O) groups excluding carboxylic acids is 2. The van der Waals surface area contributed by atoms with E-state index in [0.29, 0.717) is 6.42 Å². The molecule has 2 amide bonds. The van der Waals surface area contributed by atoms with Crippen LogP contribution in [-0.2, 0) is 22.4 Å². The third-order valence-electron chi connectivity index (χ3n) is 4.75. The minimum atomic E-state index is -0.721. The molecule has 0 saturated carbocycles. The summed E-state index contributed by atoms with van der Waals surface area (Å²) in [4.78, 5) is 24.6. The van der Waals surface area contributed by atoms with Gasteiger partial charge >= 0.3 is 12.0 Å². The number of esters is 1. The van der Waals surface area contributed by atoms with Crippen LogP contribution in [0.5, 0.6) is 0 Å². The fraction of sp³-hybridized carbons (Fsp3) is 0.333. The summed E-state index contributed by atoms with van der Waals surface area (Å²) in [6.07, 6.45) is 3.36. The molecule has 136 valence electrons. The molecule has 2 aromatic rings. The maximum absolute atomic E-state index is 12.5.